The van der Waals surface area contributed by atoms with Crippen LogP contribution >= 0.6 is 0 Å². The van der Waals surface area contributed by atoms with Crippen molar-refractivity contribution in [2.75, 3.05) is 14.2 Å². The second-order valence-electron chi connectivity index (χ2n) is 5.32. The van der Waals surface area contributed by atoms with Crippen molar-refractivity contribution in [2.45, 2.75) is 38.4 Å². The molecular formula is C15H22N2O3. The first-order valence-corrected chi connectivity index (χ1v) is 6.78. The van der Waals surface area contributed by atoms with Crippen molar-refractivity contribution in [1.29, 1.82) is 0 Å². The van der Waals surface area contributed by atoms with Crippen LogP contribution in [-0.2, 0) is 4.79 Å². The molecule has 1 saturated heterocycles. The Hall–Kier alpha value is -1.75. The minimum absolute atomic E-state index is 0.0929. The minimum atomic E-state index is -0.216. The molecule has 5 nitrogen and oxygen atoms in total. The lowest BCUT2D eigenvalue weighted by atomic mass is 9.99. The molecule has 0 aliphatic carbocycles. The highest BCUT2D eigenvalue weighted by Crippen LogP contribution is 2.39. The predicted molar refractivity (Wildman–Crippen MR) is 76.9 cm³/mol. The van der Waals surface area contributed by atoms with Gasteiger partial charge in [-0.1, -0.05) is 0 Å². The van der Waals surface area contributed by atoms with Crippen molar-refractivity contribution >= 4 is 5.91 Å². The number of nitrogens with zero attached hydrogens (tertiary/aromatic N) is 1. The van der Waals surface area contributed by atoms with Gasteiger partial charge in [0.15, 0.2) is 0 Å². The Kier molecular flexibility index (Phi) is 4.18. The van der Waals surface area contributed by atoms with Crippen LogP contribution in [0, 0.1) is 0 Å². The Morgan fingerprint density at radius 2 is 2.00 bits per heavy atom. The van der Waals surface area contributed by atoms with E-state index in [-0.39, 0.29) is 24.0 Å². The van der Waals surface area contributed by atoms with E-state index in [2.05, 4.69) is 0 Å². The van der Waals surface area contributed by atoms with Gasteiger partial charge in [0.2, 0.25) is 5.91 Å². The van der Waals surface area contributed by atoms with Crippen LogP contribution in [0.4, 0.5) is 0 Å². The molecule has 1 aliphatic rings. The summed E-state index contributed by atoms with van der Waals surface area (Å²) in [4.78, 5) is 14.0. The molecule has 1 fully saturated rings. The molecule has 0 radical (unpaired) electrons. The van der Waals surface area contributed by atoms with Gasteiger partial charge in [-0.3, -0.25) is 4.79 Å². The summed E-state index contributed by atoms with van der Waals surface area (Å²) in [6, 6.07) is 5.36. The molecule has 0 spiro atoms. The van der Waals surface area contributed by atoms with Crippen LogP contribution < -0.4 is 15.2 Å². The number of carbonyl (C=O) groups excluding carboxylic acids is 1. The summed E-state index contributed by atoms with van der Waals surface area (Å²) >= 11 is 0. The molecule has 1 aromatic rings. The van der Waals surface area contributed by atoms with Crippen LogP contribution in [0.1, 0.15) is 31.9 Å². The molecule has 0 saturated carbocycles. The standard InChI is InChI=1S/C15H22N2O3/c1-9(2)17-14(18)8-12(16)15(17)11-6-5-10(19-3)7-13(11)20-4/h5-7,9,12,15H,8,16H2,1-4H3. The Balaban J connectivity index is 2.45. The molecule has 0 aromatic heterocycles. The smallest absolute Gasteiger partial charge is 0.225 e. The summed E-state index contributed by atoms with van der Waals surface area (Å²) in [5, 5.41) is 0. The summed E-state index contributed by atoms with van der Waals surface area (Å²) in [5.74, 6) is 1.51. The van der Waals surface area contributed by atoms with Crippen LogP contribution in [0.25, 0.3) is 0 Å². The van der Waals surface area contributed by atoms with E-state index in [1.165, 1.54) is 0 Å². The second kappa shape index (κ2) is 5.71. The number of likely N-dealkylation sites (tertiary alicyclic amines) is 1. The minimum Gasteiger partial charge on any atom is -0.497 e. The van der Waals surface area contributed by atoms with Gasteiger partial charge in [-0.25, -0.2) is 0 Å². The number of benzene rings is 1. The topological polar surface area (TPSA) is 64.8 Å². The SMILES string of the molecule is COc1ccc(C2C(N)CC(=O)N2C(C)C)c(OC)c1. The fourth-order valence-corrected chi connectivity index (χ4v) is 2.83. The van der Waals surface area contributed by atoms with Gasteiger partial charge in [-0.15, -0.1) is 0 Å². The molecule has 110 valence electrons. The van der Waals surface area contributed by atoms with Crippen molar-refractivity contribution in [3.8, 4) is 11.5 Å². The van der Waals surface area contributed by atoms with Crippen molar-refractivity contribution in [3.63, 3.8) is 0 Å². The van der Waals surface area contributed by atoms with Gasteiger partial charge in [0, 0.05) is 30.1 Å². The zero-order chi connectivity index (χ0) is 14.9. The van der Waals surface area contributed by atoms with Crippen LogP contribution in [0.15, 0.2) is 18.2 Å². The highest BCUT2D eigenvalue weighted by atomic mass is 16.5. The molecule has 2 N–H and O–H groups in total. The quantitative estimate of drug-likeness (QED) is 0.910. The number of amides is 1. The average Bonchev–Trinajstić information content (AvgIpc) is 2.72. The number of hydrogen-bond acceptors (Lipinski definition) is 4. The maximum absolute atomic E-state index is 12.1. The third-order valence-corrected chi connectivity index (χ3v) is 3.72. The highest BCUT2D eigenvalue weighted by Gasteiger charge is 2.41. The number of hydrogen-bond donors (Lipinski definition) is 1. The molecular weight excluding hydrogens is 256 g/mol. The van der Waals surface area contributed by atoms with Crippen LogP contribution in [0.3, 0.4) is 0 Å². The molecule has 2 unspecified atom stereocenters. The van der Waals surface area contributed by atoms with Crippen LogP contribution in [0.2, 0.25) is 0 Å². The van der Waals surface area contributed by atoms with Crippen molar-refractivity contribution in [1.82, 2.24) is 4.90 Å². The van der Waals surface area contributed by atoms with E-state index in [0.717, 1.165) is 11.3 Å². The van der Waals surface area contributed by atoms with E-state index < -0.39 is 0 Å². The summed E-state index contributed by atoms with van der Waals surface area (Å²) in [5.41, 5.74) is 7.11. The first-order chi connectivity index (χ1) is 9.49. The zero-order valence-corrected chi connectivity index (χ0v) is 12.4. The second-order valence-corrected chi connectivity index (χ2v) is 5.32. The maximum Gasteiger partial charge on any atom is 0.225 e. The third-order valence-electron chi connectivity index (χ3n) is 3.72. The lowest BCUT2D eigenvalue weighted by Crippen LogP contribution is -2.37. The van der Waals surface area contributed by atoms with E-state index in [4.69, 9.17) is 15.2 Å². The van der Waals surface area contributed by atoms with Gasteiger partial charge in [-0.2, -0.15) is 0 Å². The van der Waals surface area contributed by atoms with Gasteiger partial charge < -0.3 is 20.1 Å². The fourth-order valence-electron chi connectivity index (χ4n) is 2.83. The fraction of sp³-hybridized carbons (Fsp3) is 0.533. The Labute approximate surface area is 119 Å². The summed E-state index contributed by atoms with van der Waals surface area (Å²) in [6.07, 6.45) is 0.373. The monoisotopic (exact) mass is 278 g/mol. The zero-order valence-electron chi connectivity index (χ0n) is 12.4. The van der Waals surface area contributed by atoms with Gasteiger partial charge >= 0.3 is 0 Å². The number of nitrogens with two attached hydrogens (primary N) is 1. The van der Waals surface area contributed by atoms with E-state index in [9.17, 15) is 4.79 Å². The summed E-state index contributed by atoms with van der Waals surface area (Å²) < 4.78 is 10.6. The summed E-state index contributed by atoms with van der Waals surface area (Å²) in [6.45, 7) is 4.00. The molecule has 2 rings (SSSR count). The first-order valence-electron chi connectivity index (χ1n) is 6.78. The van der Waals surface area contributed by atoms with E-state index in [0.29, 0.717) is 12.2 Å². The molecule has 20 heavy (non-hydrogen) atoms. The van der Waals surface area contributed by atoms with Crippen molar-refractivity contribution in [3.05, 3.63) is 23.8 Å². The number of methoxy groups -OCH3 is 2. The number of carbonyl (C=O) groups is 1. The van der Waals surface area contributed by atoms with Gasteiger partial charge in [0.25, 0.3) is 0 Å². The van der Waals surface area contributed by atoms with E-state index in [1.54, 1.807) is 14.2 Å². The van der Waals surface area contributed by atoms with Gasteiger partial charge in [-0.05, 0) is 26.0 Å². The molecule has 5 heteroatoms. The molecule has 2 atom stereocenters. The average molecular weight is 278 g/mol. The number of ether oxygens (including phenoxy) is 2. The lowest BCUT2D eigenvalue weighted by molar-refractivity contribution is -0.130. The Bertz CT molecular complexity index is 502. The Morgan fingerprint density at radius 1 is 1.30 bits per heavy atom. The summed E-state index contributed by atoms with van der Waals surface area (Å²) in [7, 11) is 3.22. The van der Waals surface area contributed by atoms with E-state index >= 15 is 0 Å². The first kappa shape index (κ1) is 14.7. The van der Waals surface area contributed by atoms with Crippen LogP contribution in [-0.4, -0.2) is 37.1 Å². The predicted octanol–water partition coefficient (Wildman–Crippen LogP) is 1.71. The van der Waals surface area contributed by atoms with Crippen molar-refractivity contribution in [2.24, 2.45) is 5.73 Å². The molecule has 1 aliphatic heterocycles. The molecule has 0 bridgehead atoms. The highest BCUT2D eigenvalue weighted by molar-refractivity contribution is 5.81. The Morgan fingerprint density at radius 3 is 2.55 bits per heavy atom. The van der Waals surface area contributed by atoms with E-state index in [1.807, 2.05) is 36.9 Å². The largest absolute Gasteiger partial charge is 0.497 e. The van der Waals surface area contributed by atoms with Gasteiger partial charge in [0.05, 0.1) is 20.3 Å². The van der Waals surface area contributed by atoms with Gasteiger partial charge in [0.1, 0.15) is 11.5 Å². The number of rotatable bonds is 4. The normalized spacial score (nSPS) is 22.5. The molecule has 1 aromatic carbocycles. The lowest BCUT2D eigenvalue weighted by Gasteiger charge is -2.31. The molecule has 1 heterocycles. The third kappa shape index (κ3) is 2.45. The maximum atomic E-state index is 12.1. The van der Waals surface area contributed by atoms with Crippen LogP contribution in [0.5, 0.6) is 11.5 Å². The molecule has 1 amide bonds. The van der Waals surface area contributed by atoms with Crippen molar-refractivity contribution < 1.29 is 14.3 Å².